The van der Waals surface area contributed by atoms with Crippen LogP contribution in [0.3, 0.4) is 0 Å². The van der Waals surface area contributed by atoms with Gasteiger partial charge < -0.3 is 24.4 Å². The Kier molecular flexibility index (Phi) is 7.49. The Morgan fingerprint density at radius 1 is 1.04 bits per heavy atom. The van der Waals surface area contributed by atoms with Crippen LogP contribution in [0.2, 0.25) is 0 Å². The summed E-state index contributed by atoms with van der Waals surface area (Å²) in [4.78, 5) is 13.0. The maximum absolute atomic E-state index is 11.6. The van der Waals surface area contributed by atoms with E-state index in [1.54, 1.807) is 28.3 Å². The minimum absolute atomic E-state index is 0.191. The first-order chi connectivity index (χ1) is 13.0. The molecule has 1 unspecified atom stereocenters. The van der Waals surface area contributed by atoms with Crippen molar-refractivity contribution in [2.45, 2.75) is 18.9 Å². The van der Waals surface area contributed by atoms with Crippen molar-refractivity contribution in [1.82, 2.24) is 10.2 Å². The summed E-state index contributed by atoms with van der Waals surface area (Å²) >= 11 is 0. The quantitative estimate of drug-likeness (QED) is 0.766. The number of amides is 1. The molecule has 0 aliphatic heterocycles. The first-order valence-electron chi connectivity index (χ1n) is 8.85. The average Bonchev–Trinajstić information content (AvgIpc) is 2.69. The van der Waals surface area contributed by atoms with E-state index in [9.17, 15) is 4.79 Å². The monoisotopic (exact) mass is 372 g/mol. The molecule has 0 fully saturated rings. The van der Waals surface area contributed by atoms with Gasteiger partial charge in [-0.15, -0.1) is 0 Å². The average molecular weight is 372 g/mol. The molecular weight excluding hydrogens is 344 g/mol. The van der Waals surface area contributed by atoms with Gasteiger partial charge >= 0.3 is 6.09 Å². The molecule has 2 aromatic carbocycles. The van der Waals surface area contributed by atoms with Crippen molar-refractivity contribution in [1.29, 1.82) is 0 Å². The van der Waals surface area contributed by atoms with Crippen LogP contribution in [0.25, 0.3) is 0 Å². The normalized spacial score (nSPS) is 11.6. The fraction of sp³-hybridized carbons (Fsp3) is 0.381. The lowest BCUT2D eigenvalue weighted by atomic mass is 9.99. The number of aryl methyl sites for hydroxylation is 1. The van der Waals surface area contributed by atoms with E-state index < -0.39 is 0 Å². The molecule has 0 heterocycles. The number of carbonyl (C=O) groups excluding carboxylic acids is 1. The zero-order chi connectivity index (χ0) is 19.8. The molecule has 6 heteroatoms. The molecule has 1 N–H and O–H groups in total. The Labute approximate surface area is 161 Å². The topological polar surface area (TPSA) is 60.0 Å². The highest BCUT2D eigenvalue weighted by Crippen LogP contribution is 2.29. The van der Waals surface area contributed by atoms with E-state index in [2.05, 4.69) is 11.4 Å². The largest absolute Gasteiger partial charge is 0.493 e. The molecule has 6 nitrogen and oxygen atoms in total. The lowest BCUT2D eigenvalue weighted by Gasteiger charge is -2.18. The number of methoxy groups -OCH3 is 2. The van der Waals surface area contributed by atoms with Gasteiger partial charge in [0.05, 0.1) is 14.2 Å². The Balaban J connectivity index is 2.01. The van der Waals surface area contributed by atoms with Gasteiger partial charge in [0.25, 0.3) is 0 Å². The van der Waals surface area contributed by atoms with Gasteiger partial charge in [-0.3, -0.25) is 0 Å². The van der Waals surface area contributed by atoms with E-state index in [1.807, 2.05) is 43.4 Å². The van der Waals surface area contributed by atoms with Gasteiger partial charge in [-0.25, -0.2) is 4.79 Å². The molecule has 1 amide bonds. The van der Waals surface area contributed by atoms with Gasteiger partial charge in [0.15, 0.2) is 11.5 Å². The highest BCUT2D eigenvalue weighted by Gasteiger charge is 2.12. The fourth-order valence-electron chi connectivity index (χ4n) is 2.79. The summed E-state index contributed by atoms with van der Waals surface area (Å²) in [5, 5.41) is 3.35. The first-order valence-corrected chi connectivity index (χ1v) is 8.85. The van der Waals surface area contributed by atoms with E-state index in [1.165, 1.54) is 10.5 Å². The van der Waals surface area contributed by atoms with Crippen LogP contribution in [0.15, 0.2) is 42.5 Å². The number of nitrogens with one attached hydrogen (secondary N) is 1. The molecule has 2 rings (SSSR count). The smallest absolute Gasteiger partial charge is 0.414 e. The van der Waals surface area contributed by atoms with Crippen molar-refractivity contribution < 1.29 is 19.0 Å². The zero-order valence-electron chi connectivity index (χ0n) is 16.6. The maximum atomic E-state index is 11.6. The van der Waals surface area contributed by atoms with E-state index in [0.717, 1.165) is 29.9 Å². The number of hydrogen-bond acceptors (Lipinski definition) is 5. The highest BCUT2D eigenvalue weighted by atomic mass is 16.6. The third kappa shape index (κ3) is 5.62. The number of rotatable bonds is 8. The molecule has 0 saturated heterocycles. The second-order valence-corrected chi connectivity index (χ2v) is 6.40. The molecule has 146 valence electrons. The Morgan fingerprint density at radius 2 is 1.70 bits per heavy atom. The van der Waals surface area contributed by atoms with Crippen LogP contribution in [0.5, 0.6) is 17.2 Å². The van der Waals surface area contributed by atoms with Crippen molar-refractivity contribution in [2.24, 2.45) is 0 Å². The van der Waals surface area contributed by atoms with E-state index >= 15 is 0 Å². The van der Waals surface area contributed by atoms with E-state index in [-0.39, 0.29) is 12.1 Å². The van der Waals surface area contributed by atoms with Gasteiger partial charge in [0, 0.05) is 20.1 Å². The predicted molar refractivity (Wildman–Crippen MR) is 106 cm³/mol. The standard InChI is InChI=1S/C21H28N2O4/c1-22-18(12-6-15-7-13-19(25-4)20(14-15)26-5)16-8-10-17(11-9-16)27-21(24)23(2)3/h7-11,13-14,18,22H,6,12H2,1-5H3. The SMILES string of the molecule is CNC(CCc1ccc(OC)c(OC)c1)c1ccc(OC(=O)N(C)C)cc1. The van der Waals surface area contributed by atoms with Crippen molar-refractivity contribution in [2.75, 3.05) is 35.4 Å². The van der Waals surface area contributed by atoms with Crippen molar-refractivity contribution >= 4 is 6.09 Å². The molecule has 0 spiro atoms. The molecular formula is C21H28N2O4. The summed E-state index contributed by atoms with van der Waals surface area (Å²) in [6.07, 6.45) is 1.42. The summed E-state index contributed by atoms with van der Waals surface area (Å²) in [6, 6.07) is 13.8. The highest BCUT2D eigenvalue weighted by molar-refractivity contribution is 5.69. The fourth-order valence-corrected chi connectivity index (χ4v) is 2.79. The first kappa shape index (κ1) is 20.6. The Morgan fingerprint density at radius 3 is 2.26 bits per heavy atom. The van der Waals surface area contributed by atoms with Crippen LogP contribution in [0, 0.1) is 0 Å². The lowest BCUT2D eigenvalue weighted by molar-refractivity contribution is 0.172. The number of hydrogen-bond donors (Lipinski definition) is 1. The van der Waals surface area contributed by atoms with Gasteiger partial charge in [0.2, 0.25) is 0 Å². The minimum Gasteiger partial charge on any atom is -0.493 e. The lowest BCUT2D eigenvalue weighted by Crippen LogP contribution is -2.25. The van der Waals surface area contributed by atoms with Gasteiger partial charge in [-0.2, -0.15) is 0 Å². The predicted octanol–water partition coefficient (Wildman–Crippen LogP) is 3.66. The Hall–Kier alpha value is -2.73. The van der Waals surface area contributed by atoms with Crippen molar-refractivity contribution in [3.63, 3.8) is 0 Å². The summed E-state index contributed by atoms with van der Waals surface area (Å²) < 4.78 is 15.9. The summed E-state index contributed by atoms with van der Waals surface area (Å²) in [5.74, 6) is 2.00. The molecule has 0 radical (unpaired) electrons. The second-order valence-electron chi connectivity index (χ2n) is 6.40. The second kappa shape index (κ2) is 9.83. The van der Waals surface area contributed by atoms with Gasteiger partial charge in [0.1, 0.15) is 5.75 Å². The van der Waals surface area contributed by atoms with Crippen LogP contribution >= 0.6 is 0 Å². The van der Waals surface area contributed by atoms with Gasteiger partial charge in [-0.05, 0) is 55.3 Å². The molecule has 0 aliphatic rings. The van der Waals surface area contributed by atoms with Gasteiger partial charge in [-0.1, -0.05) is 18.2 Å². The van der Waals surface area contributed by atoms with E-state index in [0.29, 0.717) is 5.75 Å². The number of ether oxygens (including phenoxy) is 3. The molecule has 1 atom stereocenters. The summed E-state index contributed by atoms with van der Waals surface area (Å²) in [6.45, 7) is 0. The number of carbonyl (C=O) groups is 1. The van der Waals surface area contributed by atoms with Crippen LogP contribution in [-0.4, -0.2) is 46.4 Å². The third-order valence-electron chi connectivity index (χ3n) is 4.37. The van der Waals surface area contributed by atoms with Crippen molar-refractivity contribution in [3.05, 3.63) is 53.6 Å². The summed E-state index contributed by atoms with van der Waals surface area (Å²) in [7, 11) is 8.53. The molecule has 0 saturated carbocycles. The molecule has 27 heavy (non-hydrogen) atoms. The maximum Gasteiger partial charge on any atom is 0.414 e. The molecule has 0 bridgehead atoms. The van der Waals surface area contributed by atoms with Crippen LogP contribution in [0.1, 0.15) is 23.6 Å². The molecule has 2 aromatic rings. The third-order valence-corrected chi connectivity index (χ3v) is 4.37. The minimum atomic E-state index is -0.388. The van der Waals surface area contributed by atoms with Crippen LogP contribution in [-0.2, 0) is 6.42 Å². The zero-order valence-corrected chi connectivity index (χ0v) is 16.6. The summed E-state index contributed by atoms with van der Waals surface area (Å²) in [5.41, 5.74) is 2.33. The van der Waals surface area contributed by atoms with Crippen LogP contribution in [0.4, 0.5) is 4.79 Å². The van der Waals surface area contributed by atoms with Crippen molar-refractivity contribution in [3.8, 4) is 17.2 Å². The van der Waals surface area contributed by atoms with E-state index in [4.69, 9.17) is 14.2 Å². The van der Waals surface area contributed by atoms with Crippen LogP contribution < -0.4 is 19.5 Å². The number of benzene rings is 2. The molecule has 0 aromatic heterocycles. The number of nitrogens with zero attached hydrogens (tertiary/aromatic N) is 1. The Bertz CT molecular complexity index is 744. The molecule has 0 aliphatic carbocycles.